The minimum Gasteiger partial charge on any atom is -0.459 e. The Kier molecular flexibility index (Phi) is 5.43. The van der Waals surface area contributed by atoms with Crippen LogP contribution in [0.1, 0.15) is 38.5 Å². The van der Waals surface area contributed by atoms with Crippen molar-refractivity contribution >= 4 is 11.0 Å². The highest BCUT2D eigenvalue weighted by Gasteiger charge is 2.15. The molecule has 0 radical (unpaired) electrons. The average Bonchev–Trinajstić information content (AvgIpc) is 2.86. The molecule has 1 aromatic heterocycles. The molecule has 3 nitrogen and oxygen atoms in total. The summed E-state index contributed by atoms with van der Waals surface area (Å²) in [6, 6.07) is 10.5. The van der Waals surface area contributed by atoms with Gasteiger partial charge in [-0.1, -0.05) is 32.0 Å². The van der Waals surface area contributed by atoms with Crippen LogP contribution >= 0.6 is 0 Å². The molecule has 2 rings (SSSR count). The van der Waals surface area contributed by atoms with E-state index in [-0.39, 0.29) is 6.04 Å². The Hall–Kier alpha value is -1.32. The fraction of sp³-hybridized carbons (Fsp3) is 0.500. The third kappa shape index (κ3) is 3.82. The van der Waals surface area contributed by atoms with Crippen LogP contribution in [0.5, 0.6) is 0 Å². The topological polar surface area (TPSA) is 34.4 Å². The Morgan fingerprint density at radius 1 is 1.21 bits per heavy atom. The van der Waals surface area contributed by atoms with Crippen LogP contribution in [-0.2, 0) is 4.74 Å². The first-order valence-corrected chi connectivity index (χ1v) is 7.14. The van der Waals surface area contributed by atoms with Crippen LogP contribution in [-0.4, -0.2) is 19.8 Å². The second-order valence-electron chi connectivity index (χ2n) is 4.70. The molecule has 0 spiro atoms. The normalized spacial score (nSPS) is 12.9. The molecule has 0 bridgehead atoms. The maximum Gasteiger partial charge on any atom is 0.134 e. The maximum absolute atomic E-state index is 5.92. The van der Waals surface area contributed by atoms with E-state index in [0.717, 1.165) is 49.3 Å². The summed E-state index contributed by atoms with van der Waals surface area (Å²) in [5, 5.41) is 4.62. The number of para-hydroxylation sites is 1. The van der Waals surface area contributed by atoms with Gasteiger partial charge in [0.2, 0.25) is 0 Å². The first-order valence-electron chi connectivity index (χ1n) is 7.14. The van der Waals surface area contributed by atoms with Crippen molar-refractivity contribution in [2.45, 2.75) is 32.7 Å². The van der Waals surface area contributed by atoms with Crippen molar-refractivity contribution in [1.29, 1.82) is 0 Å². The molecule has 3 heteroatoms. The number of rotatable bonds is 8. The Morgan fingerprint density at radius 2 is 2.05 bits per heavy atom. The SMILES string of the molecule is CCCOCCC(NCC)c1cc2ccccc2o1. The highest BCUT2D eigenvalue weighted by molar-refractivity contribution is 5.77. The smallest absolute Gasteiger partial charge is 0.134 e. The third-order valence-electron chi connectivity index (χ3n) is 3.14. The third-order valence-corrected chi connectivity index (χ3v) is 3.14. The quantitative estimate of drug-likeness (QED) is 0.732. The van der Waals surface area contributed by atoms with E-state index >= 15 is 0 Å². The second kappa shape index (κ2) is 7.31. The van der Waals surface area contributed by atoms with Crippen molar-refractivity contribution in [2.75, 3.05) is 19.8 Å². The van der Waals surface area contributed by atoms with Crippen molar-refractivity contribution in [1.82, 2.24) is 5.32 Å². The summed E-state index contributed by atoms with van der Waals surface area (Å²) in [7, 11) is 0. The molecule has 0 amide bonds. The Morgan fingerprint density at radius 3 is 2.79 bits per heavy atom. The van der Waals surface area contributed by atoms with Gasteiger partial charge in [0, 0.05) is 18.6 Å². The van der Waals surface area contributed by atoms with Crippen LogP contribution in [0.3, 0.4) is 0 Å². The van der Waals surface area contributed by atoms with E-state index in [2.05, 4.69) is 31.3 Å². The van der Waals surface area contributed by atoms with Gasteiger partial charge in [0.05, 0.1) is 6.04 Å². The van der Waals surface area contributed by atoms with Crippen molar-refractivity contribution in [3.63, 3.8) is 0 Å². The van der Waals surface area contributed by atoms with Gasteiger partial charge in [0.1, 0.15) is 11.3 Å². The zero-order chi connectivity index (χ0) is 13.5. The van der Waals surface area contributed by atoms with Gasteiger partial charge in [0.15, 0.2) is 0 Å². The highest BCUT2D eigenvalue weighted by Crippen LogP contribution is 2.25. The summed E-state index contributed by atoms with van der Waals surface area (Å²) < 4.78 is 11.5. The van der Waals surface area contributed by atoms with Gasteiger partial charge in [-0.2, -0.15) is 0 Å². The van der Waals surface area contributed by atoms with Crippen molar-refractivity contribution < 1.29 is 9.15 Å². The lowest BCUT2D eigenvalue weighted by atomic mass is 10.1. The van der Waals surface area contributed by atoms with Crippen LogP contribution < -0.4 is 5.32 Å². The van der Waals surface area contributed by atoms with Crippen molar-refractivity contribution in [3.05, 3.63) is 36.1 Å². The van der Waals surface area contributed by atoms with Gasteiger partial charge in [-0.05, 0) is 31.5 Å². The molecular weight excluding hydrogens is 238 g/mol. The molecule has 1 aromatic carbocycles. The number of fused-ring (bicyclic) bond motifs is 1. The summed E-state index contributed by atoms with van der Waals surface area (Å²) >= 11 is 0. The summed E-state index contributed by atoms with van der Waals surface area (Å²) in [5.41, 5.74) is 0.954. The van der Waals surface area contributed by atoms with E-state index in [1.165, 1.54) is 0 Å². The molecule has 0 aliphatic heterocycles. The second-order valence-corrected chi connectivity index (χ2v) is 4.70. The molecular formula is C16H23NO2. The van der Waals surface area contributed by atoms with Crippen LogP contribution in [0, 0.1) is 0 Å². The van der Waals surface area contributed by atoms with Crippen LogP contribution in [0.4, 0.5) is 0 Å². The Labute approximate surface area is 114 Å². The molecule has 0 aliphatic carbocycles. The Balaban J connectivity index is 2.04. The predicted molar refractivity (Wildman–Crippen MR) is 78.4 cm³/mol. The lowest BCUT2D eigenvalue weighted by molar-refractivity contribution is 0.122. The first-order chi connectivity index (χ1) is 9.35. The van der Waals surface area contributed by atoms with Crippen molar-refractivity contribution in [3.8, 4) is 0 Å². The molecule has 1 atom stereocenters. The fourth-order valence-electron chi connectivity index (χ4n) is 2.21. The van der Waals surface area contributed by atoms with Gasteiger partial charge in [0.25, 0.3) is 0 Å². The number of ether oxygens (including phenoxy) is 1. The summed E-state index contributed by atoms with van der Waals surface area (Å²) in [6.07, 6.45) is 2.00. The summed E-state index contributed by atoms with van der Waals surface area (Å²) in [4.78, 5) is 0. The largest absolute Gasteiger partial charge is 0.459 e. The molecule has 0 aliphatic rings. The molecule has 2 aromatic rings. The van der Waals surface area contributed by atoms with E-state index in [1.807, 2.05) is 18.2 Å². The number of hydrogen-bond donors (Lipinski definition) is 1. The van der Waals surface area contributed by atoms with Crippen LogP contribution in [0.2, 0.25) is 0 Å². The van der Waals surface area contributed by atoms with Gasteiger partial charge in [-0.3, -0.25) is 0 Å². The standard InChI is InChI=1S/C16H23NO2/c1-3-10-18-11-9-14(17-4-2)16-12-13-7-5-6-8-15(13)19-16/h5-8,12,14,17H,3-4,9-11H2,1-2H3. The molecule has 1 unspecified atom stereocenters. The number of nitrogens with one attached hydrogen (secondary N) is 1. The van der Waals surface area contributed by atoms with E-state index in [9.17, 15) is 0 Å². The number of furan rings is 1. The van der Waals surface area contributed by atoms with Crippen LogP contribution in [0.25, 0.3) is 11.0 Å². The molecule has 104 valence electrons. The zero-order valence-corrected chi connectivity index (χ0v) is 11.8. The molecule has 19 heavy (non-hydrogen) atoms. The summed E-state index contributed by atoms with van der Waals surface area (Å²) in [5.74, 6) is 1.00. The molecule has 0 saturated heterocycles. The monoisotopic (exact) mass is 261 g/mol. The molecule has 1 N–H and O–H groups in total. The van der Waals surface area contributed by atoms with E-state index in [0.29, 0.717) is 0 Å². The predicted octanol–water partition coefficient (Wildman–Crippen LogP) is 3.90. The minimum absolute atomic E-state index is 0.231. The fourth-order valence-corrected chi connectivity index (χ4v) is 2.21. The Bertz CT molecular complexity index is 459. The lowest BCUT2D eigenvalue weighted by Crippen LogP contribution is -2.22. The van der Waals surface area contributed by atoms with E-state index in [4.69, 9.17) is 9.15 Å². The molecule has 0 saturated carbocycles. The molecule has 1 heterocycles. The zero-order valence-electron chi connectivity index (χ0n) is 11.8. The number of hydrogen-bond acceptors (Lipinski definition) is 3. The van der Waals surface area contributed by atoms with Gasteiger partial charge >= 0.3 is 0 Å². The summed E-state index contributed by atoms with van der Waals surface area (Å²) in [6.45, 7) is 6.76. The van der Waals surface area contributed by atoms with Gasteiger partial charge < -0.3 is 14.5 Å². The van der Waals surface area contributed by atoms with Crippen LogP contribution in [0.15, 0.2) is 34.7 Å². The number of benzene rings is 1. The van der Waals surface area contributed by atoms with Crippen molar-refractivity contribution in [2.24, 2.45) is 0 Å². The molecule has 0 fully saturated rings. The lowest BCUT2D eigenvalue weighted by Gasteiger charge is -2.15. The van der Waals surface area contributed by atoms with E-state index in [1.54, 1.807) is 0 Å². The average molecular weight is 261 g/mol. The van der Waals surface area contributed by atoms with E-state index < -0.39 is 0 Å². The van der Waals surface area contributed by atoms with Gasteiger partial charge in [-0.15, -0.1) is 0 Å². The maximum atomic E-state index is 5.92. The first kappa shape index (κ1) is 14.1. The minimum atomic E-state index is 0.231. The highest BCUT2D eigenvalue weighted by atomic mass is 16.5. The van der Waals surface area contributed by atoms with Gasteiger partial charge in [-0.25, -0.2) is 0 Å².